The molecule has 2 aromatic rings. The number of ether oxygens (including phenoxy) is 1. The SMILES string of the molecule is O=C1C=CC(C(=O)OCc2cc(-c3cccs3)on2)N=N1. The van der Waals surface area contributed by atoms with Crippen molar-refractivity contribution in [2.75, 3.05) is 0 Å². The number of aromatic nitrogens is 1. The summed E-state index contributed by atoms with van der Waals surface area (Å²) in [5, 5.41) is 12.6. The van der Waals surface area contributed by atoms with E-state index in [-0.39, 0.29) is 6.61 Å². The first kappa shape index (κ1) is 13.4. The first-order valence-electron chi connectivity index (χ1n) is 6.01. The van der Waals surface area contributed by atoms with E-state index in [1.54, 1.807) is 6.07 Å². The molecule has 0 saturated carbocycles. The van der Waals surface area contributed by atoms with Crippen molar-refractivity contribution < 1.29 is 18.8 Å². The van der Waals surface area contributed by atoms with Gasteiger partial charge < -0.3 is 9.26 Å². The topological polar surface area (TPSA) is 94.1 Å². The summed E-state index contributed by atoms with van der Waals surface area (Å²) in [6.07, 6.45) is 2.53. The number of azo groups is 1. The molecule has 0 spiro atoms. The highest BCUT2D eigenvalue weighted by Crippen LogP contribution is 2.25. The number of nitrogens with zero attached hydrogens (tertiary/aromatic N) is 3. The zero-order valence-corrected chi connectivity index (χ0v) is 11.4. The maximum absolute atomic E-state index is 11.7. The van der Waals surface area contributed by atoms with Gasteiger partial charge in [0.25, 0.3) is 5.91 Å². The summed E-state index contributed by atoms with van der Waals surface area (Å²) in [6.45, 7) is -0.0263. The molecule has 2 aromatic heterocycles. The van der Waals surface area contributed by atoms with Gasteiger partial charge in [-0.1, -0.05) is 11.2 Å². The van der Waals surface area contributed by atoms with Gasteiger partial charge in [0.2, 0.25) is 0 Å². The second-order valence-electron chi connectivity index (χ2n) is 4.13. The van der Waals surface area contributed by atoms with E-state index >= 15 is 0 Å². The molecule has 0 saturated heterocycles. The highest BCUT2D eigenvalue weighted by molar-refractivity contribution is 7.13. The largest absolute Gasteiger partial charge is 0.457 e. The Morgan fingerprint density at radius 1 is 1.48 bits per heavy atom. The van der Waals surface area contributed by atoms with Crippen LogP contribution < -0.4 is 0 Å². The molecule has 0 fully saturated rings. The fourth-order valence-corrected chi connectivity index (χ4v) is 2.31. The summed E-state index contributed by atoms with van der Waals surface area (Å²) < 4.78 is 10.2. The predicted molar refractivity (Wildman–Crippen MR) is 72.4 cm³/mol. The van der Waals surface area contributed by atoms with Crippen molar-refractivity contribution in [1.82, 2.24) is 5.16 Å². The fourth-order valence-electron chi connectivity index (χ4n) is 1.64. The quantitative estimate of drug-likeness (QED) is 0.808. The van der Waals surface area contributed by atoms with Crippen LogP contribution in [0.15, 0.2) is 50.5 Å². The van der Waals surface area contributed by atoms with Gasteiger partial charge in [0.15, 0.2) is 11.8 Å². The fraction of sp³-hybridized carbons (Fsp3) is 0.154. The van der Waals surface area contributed by atoms with Crippen LogP contribution >= 0.6 is 11.3 Å². The van der Waals surface area contributed by atoms with E-state index in [0.29, 0.717) is 11.5 Å². The van der Waals surface area contributed by atoms with Crippen molar-refractivity contribution in [1.29, 1.82) is 0 Å². The number of esters is 1. The molecule has 0 bridgehead atoms. The maximum atomic E-state index is 11.7. The third-order valence-corrected chi connectivity index (χ3v) is 3.51. The first-order chi connectivity index (χ1) is 10.2. The number of thiophene rings is 1. The Bertz CT molecular complexity index is 702. The lowest BCUT2D eigenvalue weighted by molar-refractivity contribution is -0.145. The van der Waals surface area contributed by atoms with E-state index in [0.717, 1.165) is 4.88 Å². The third kappa shape index (κ3) is 3.11. The van der Waals surface area contributed by atoms with Gasteiger partial charge in [0.05, 0.1) is 4.88 Å². The number of hydrogen-bond acceptors (Lipinski definition) is 7. The van der Waals surface area contributed by atoms with Crippen LogP contribution in [0, 0.1) is 0 Å². The number of carbonyl (C=O) groups is 2. The van der Waals surface area contributed by atoms with Crippen LogP contribution in [0.2, 0.25) is 0 Å². The van der Waals surface area contributed by atoms with Crippen LogP contribution in [-0.2, 0) is 20.9 Å². The lowest BCUT2D eigenvalue weighted by Crippen LogP contribution is -2.21. The molecule has 1 aliphatic heterocycles. The molecule has 1 atom stereocenters. The molecule has 0 radical (unpaired) electrons. The molecule has 3 rings (SSSR count). The molecule has 0 aromatic carbocycles. The van der Waals surface area contributed by atoms with E-state index < -0.39 is 17.9 Å². The summed E-state index contributed by atoms with van der Waals surface area (Å²) in [5.74, 6) is -0.460. The summed E-state index contributed by atoms with van der Waals surface area (Å²) in [7, 11) is 0. The molecule has 8 heteroatoms. The smallest absolute Gasteiger partial charge is 0.337 e. The number of carbonyl (C=O) groups excluding carboxylic acids is 2. The van der Waals surface area contributed by atoms with Gasteiger partial charge in [-0.05, 0) is 17.5 Å². The molecular weight excluding hydrogens is 294 g/mol. The molecule has 0 N–H and O–H groups in total. The van der Waals surface area contributed by atoms with Crippen molar-refractivity contribution in [3.8, 4) is 10.6 Å². The van der Waals surface area contributed by atoms with Crippen molar-refractivity contribution >= 4 is 23.2 Å². The Balaban J connectivity index is 1.58. The summed E-state index contributed by atoms with van der Waals surface area (Å²) in [4.78, 5) is 23.5. The van der Waals surface area contributed by atoms with E-state index in [1.807, 2.05) is 17.5 Å². The monoisotopic (exact) mass is 303 g/mol. The van der Waals surface area contributed by atoms with Crippen LogP contribution in [0.3, 0.4) is 0 Å². The van der Waals surface area contributed by atoms with Crippen molar-refractivity contribution in [3.05, 3.63) is 41.4 Å². The third-order valence-electron chi connectivity index (χ3n) is 2.63. The number of hydrogen-bond donors (Lipinski definition) is 0. The standard InChI is InChI=1S/C13H9N3O4S/c17-12-4-3-9(14-15-12)13(18)19-7-8-6-10(20-16-8)11-2-1-5-21-11/h1-6,9H,7H2. The van der Waals surface area contributed by atoms with Crippen LogP contribution in [0.4, 0.5) is 0 Å². The number of amides is 1. The zero-order chi connectivity index (χ0) is 14.7. The van der Waals surface area contributed by atoms with E-state index in [2.05, 4.69) is 15.4 Å². The number of rotatable bonds is 4. The Kier molecular flexibility index (Phi) is 3.69. The zero-order valence-electron chi connectivity index (χ0n) is 10.6. The second-order valence-corrected chi connectivity index (χ2v) is 5.07. The normalized spacial score (nSPS) is 17.1. The molecule has 7 nitrogen and oxygen atoms in total. The molecular formula is C13H9N3O4S. The van der Waals surface area contributed by atoms with Crippen LogP contribution in [0.25, 0.3) is 10.6 Å². The van der Waals surface area contributed by atoms with Gasteiger partial charge in [-0.2, -0.15) is 5.11 Å². The Hall–Kier alpha value is -2.61. The van der Waals surface area contributed by atoms with Gasteiger partial charge in [-0.15, -0.1) is 16.5 Å². The van der Waals surface area contributed by atoms with Crippen molar-refractivity contribution in [3.63, 3.8) is 0 Å². The highest BCUT2D eigenvalue weighted by Gasteiger charge is 2.20. The van der Waals surface area contributed by atoms with E-state index in [4.69, 9.17) is 9.26 Å². The van der Waals surface area contributed by atoms with Gasteiger partial charge in [0, 0.05) is 12.1 Å². The van der Waals surface area contributed by atoms with Gasteiger partial charge in [0.1, 0.15) is 12.3 Å². The molecule has 1 amide bonds. The van der Waals surface area contributed by atoms with Gasteiger partial charge in [-0.3, -0.25) is 4.79 Å². The van der Waals surface area contributed by atoms with Crippen LogP contribution in [0.1, 0.15) is 5.69 Å². The Morgan fingerprint density at radius 3 is 3.10 bits per heavy atom. The molecule has 1 unspecified atom stereocenters. The summed E-state index contributed by atoms with van der Waals surface area (Å²) in [5.41, 5.74) is 0.500. The lowest BCUT2D eigenvalue weighted by atomic mass is 10.2. The minimum atomic E-state index is -0.883. The summed E-state index contributed by atoms with van der Waals surface area (Å²) >= 11 is 1.53. The van der Waals surface area contributed by atoms with Crippen LogP contribution in [-0.4, -0.2) is 23.1 Å². The first-order valence-corrected chi connectivity index (χ1v) is 6.89. The van der Waals surface area contributed by atoms with E-state index in [9.17, 15) is 9.59 Å². The Labute approximate surface area is 122 Å². The minimum absolute atomic E-state index is 0.0263. The maximum Gasteiger partial charge on any atom is 0.337 e. The molecule has 0 aliphatic carbocycles. The minimum Gasteiger partial charge on any atom is -0.457 e. The molecule has 3 heterocycles. The van der Waals surface area contributed by atoms with Crippen LogP contribution in [0.5, 0.6) is 0 Å². The molecule has 1 aliphatic rings. The average molecular weight is 303 g/mol. The van der Waals surface area contributed by atoms with Gasteiger partial charge in [-0.25, -0.2) is 4.79 Å². The van der Waals surface area contributed by atoms with Crippen molar-refractivity contribution in [2.45, 2.75) is 12.6 Å². The van der Waals surface area contributed by atoms with Crippen molar-refractivity contribution in [2.24, 2.45) is 10.2 Å². The second kappa shape index (κ2) is 5.80. The Morgan fingerprint density at radius 2 is 2.38 bits per heavy atom. The van der Waals surface area contributed by atoms with Gasteiger partial charge >= 0.3 is 5.97 Å². The van der Waals surface area contributed by atoms with E-state index in [1.165, 1.54) is 23.5 Å². The highest BCUT2D eigenvalue weighted by atomic mass is 32.1. The molecule has 106 valence electrons. The summed E-state index contributed by atoms with van der Waals surface area (Å²) in [6, 6.07) is 4.64. The average Bonchev–Trinajstić information content (AvgIpc) is 3.16. The molecule has 21 heavy (non-hydrogen) atoms. The predicted octanol–water partition coefficient (Wildman–Crippen LogP) is 2.36. The lowest BCUT2D eigenvalue weighted by Gasteiger charge is -2.07.